The zero-order chi connectivity index (χ0) is 25.1. The Hall–Kier alpha value is -3.31. The van der Waals surface area contributed by atoms with Crippen molar-refractivity contribution in [2.24, 2.45) is 0 Å². The first-order valence-corrected chi connectivity index (χ1v) is 12.3. The van der Waals surface area contributed by atoms with Crippen LogP contribution in [0.5, 0.6) is 5.75 Å². The number of methoxy groups -OCH3 is 1. The lowest BCUT2D eigenvalue weighted by molar-refractivity contribution is 0.102. The number of anilines is 1. The second kappa shape index (κ2) is 9.90. The Morgan fingerprint density at radius 1 is 1.12 bits per heavy atom. The fourth-order valence-corrected chi connectivity index (χ4v) is 4.94. The van der Waals surface area contributed by atoms with E-state index in [9.17, 15) is 13.2 Å². The molecule has 11 heteroatoms. The fourth-order valence-electron chi connectivity index (χ4n) is 3.30. The molecule has 1 amide bonds. The highest BCUT2D eigenvalue weighted by Gasteiger charge is 2.28. The number of carbonyl (C=O) groups excluding carboxylic acids is 1. The Kier molecular flexibility index (Phi) is 7.37. The third kappa shape index (κ3) is 5.10. The highest BCUT2D eigenvalue weighted by molar-refractivity contribution is 7.89. The molecule has 0 aliphatic carbocycles. The van der Waals surface area contributed by atoms with Gasteiger partial charge in [-0.05, 0) is 24.3 Å². The number of ether oxygens (including phenoxy) is 1. The zero-order valence-corrected chi connectivity index (χ0v) is 21.0. The lowest BCUT2D eigenvalue weighted by Gasteiger charge is -2.20. The average molecular weight is 487 g/mol. The Bertz CT molecular complexity index is 1260. The van der Waals surface area contributed by atoms with E-state index < -0.39 is 15.9 Å². The minimum absolute atomic E-state index is 0.0679. The fraction of sp³-hybridized carbons (Fsp3) is 0.391. The number of hydrogen-bond acceptors (Lipinski definition) is 7. The SMILES string of the molecule is CCN(CC)S(=O)(=O)c1cc(C(=O)Nc2cc(C(C)(C)C)nn2-c2ncccn2)ccc1OC. The van der Waals surface area contributed by atoms with E-state index in [1.165, 1.54) is 34.3 Å². The maximum atomic E-state index is 13.2. The maximum Gasteiger partial charge on any atom is 0.256 e. The molecule has 0 unspecified atom stereocenters. The van der Waals surface area contributed by atoms with Crippen molar-refractivity contribution in [1.82, 2.24) is 24.1 Å². The number of sulfonamides is 1. The van der Waals surface area contributed by atoms with Crippen molar-refractivity contribution >= 4 is 21.7 Å². The minimum Gasteiger partial charge on any atom is -0.495 e. The van der Waals surface area contributed by atoms with Gasteiger partial charge in [-0.3, -0.25) is 4.79 Å². The van der Waals surface area contributed by atoms with E-state index >= 15 is 0 Å². The van der Waals surface area contributed by atoms with Gasteiger partial charge in [0.2, 0.25) is 10.0 Å². The van der Waals surface area contributed by atoms with Gasteiger partial charge in [0.05, 0.1) is 12.8 Å². The number of benzene rings is 1. The average Bonchev–Trinajstić information content (AvgIpc) is 3.24. The lowest BCUT2D eigenvalue weighted by Crippen LogP contribution is -2.31. The summed E-state index contributed by atoms with van der Waals surface area (Å²) in [4.78, 5) is 21.6. The normalized spacial score (nSPS) is 12.1. The van der Waals surface area contributed by atoms with Crippen LogP contribution in [0.25, 0.3) is 5.95 Å². The van der Waals surface area contributed by atoms with Crippen molar-refractivity contribution in [2.75, 3.05) is 25.5 Å². The summed E-state index contributed by atoms with van der Waals surface area (Å²) in [7, 11) is -2.46. The lowest BCUT2D eigenvalue weighted by atomic mass is 9.92. The highest BCUT2D eigenvalue weighted by atomic mass is 32.2. The van der Waals surface area contributed by atoms with Crippen LogP contribution in [0.1, 0.15) is 50.7 Å². The molecule has 1 N–H and O–H groups in total. The molecule has 0 aliphatic heterocycles. The third-order valence-corrected chi connectivity index (χ3v) is 7.28. The van der Waals surface area contributed by atoms with E-state index in [1.807, 2.05) is 20.8 Å². The molecule has 3 aromatic rings. The minimum atomic E-state index is -3.85. The van der Waals surface area contributed by atoms with Gasteiger partial charge in [-0.25, -0.2) is 18.4 Å². The molecule has 0 spiro atoms. The largest absolute Gasteiger partial charge is 0.495 e. The number of aromatic nitrogens is 4. The molecule has 182 valence electrons. The van der Waals surface area contributed by atoms with Crippen LogP contribution in [0.4, 0.5) is 5.82 Å². The monoisotopic (exact) mass is 486 g/mol. The van der Waals surface area contributed by atoms with Crippen molar-refractivity contribution in [3.8, 4) is 11.7 Å². The van der Waals surface area contributed by atoms with Crippen LogP contribution in [0.3, 0.4) is 0 Å². The van der Waals surface area contributed by atoms with Gasteiger partial charge in [-0.1, -0.05) is 34.6 Å². The predicted molar refractivity (Wildman–Crippen MR) is 129 cm³/mol. The molecule has 2 heterocycles. The van der Waals surface area contributed by atoms with Crippen LogP contribution in [0.2, 0.25) is 0 Å². The van der Waals surface area contributed by atoms with Crippen molar-refractivity contribution < 1.29 is 17.9 Å². The maximum absolute atomic E-state index is 13.2. The van der Waals surface area contributed by atoms with E-state index in [1.54, 1.807) is 38.4 Å². The second-order valence-corrected chi connectivity index (χ2v) is 10.4. The van der Waals surface area contributed by atoms with Crippen LogP contribution >= 0.6 is 0 Å². The standard InChI is InChI=1S/C23H30N6O4S/c1-7-28(8-2)34(31,32)18-14-16(10-11-17(18)33-6)21(30)26-20-15-19(23(3,4)5)27-29(20)22-24-12-9-13-25-22/h9-15H,7-8H2,1-6H3,(H,26,30). The molecule has 0 saturated heterocycles. The zero-order valence-electron chi connectivity index (χ0n) is 20.2. The molecule has 0 fully saturated rings. The Morgan fingerprint density at radius 3 is 2.32 bits per heavy atom. The molecule has 10 nitrogen and oxygen atoms in total. The van der Waals surface area contributed by atoms with Gasteiger partial charge in [0, 0.05) is 42.5 Å². The number of carbonyl (C=O) groups is 1. The number of hydrogen-bond donors (Lipinski definition) is 1. The number of nitrogens with zero attached hydrogens (tertiary/aromatic N) is 5. The van der Waals surface area contributed by atoms with Gasteiger partial charge in [-0.15, -0.1) is 0 Å². The molecule has 0 saturated carbocycles. The first kappa shape index (κ1) is 25.3. The number of rotatable bonds is 8. The topological polar surface area (TPSA) is 119 Å². The smallest absolute Gasteiger partial charge is 0.256 e. The Labute approximate surface area is 200 Å². The van der Waals surface area contributed by atoms with E-state index in [0.29, 0.717) is 24.9 Å². The van der Waals surface area contributed by atoms with Crippen molar-refractivity contribution in [2.45, 2.75) is 44.9 Å². The molecule has 0 atom stereocenters. The van der Waals surface area contributed by atoms with E-state index in [0.717, 1.165) is 5.69 Å². The third-order valence-electron chi connectivity index (χ3n) is 5.21. The van der Waals surface area contributed by atoms with Crippen LogP contribution < -0.4 is 10.1 Å². The Balaban J connectivity index is 2.03. The molecule has 0 aliphatic rings. The summed E-state index contributed by atoms with van der Waals surface area (Å²) in [5, 5.41) is 7.41. The van der Waals surface area contributed by atoms with Crippen LogP contribution in [0, 0.1) is 0 Å². The molecule has 2 aromatic heterocycles. The first-order valence-electron chi connectivity index (χ1n) is 10.9. The van der Waals surface area contributed by atoms with Crippen molar-refractivity contribution in [3.63, 3.8) is 0 Å². The van der Waals surface area contributed by atoms with Crippen LogP contribution in [0.15, 0.2) is 47.6 Å². The second-order valence-electron chi connectivity index (χ2n) is 8.53. The van der Waals surface area contributed by atoms with Crippen molar-refractivity contribution in [1.29, 1.82) is 0 Å². The van der Waals surface area contributed by atoms with Gasteiger partial charge in [0.15, 0.2) is 0 Å². The summed E-state index contributed by atoms with van der Waals surface area (Å²) in [6.45, 7) is 10.1. The molecule has 0 bridgehead atoms. The summed E-state index contributed by atoms with van der Waals surface area (Å²) in [6.07, 6.45) is 3.17. The molecular formula is C23H30N6O4S. The number of nitrogens with one attached hydrogen (secondary N) is 1. The quantitative estimate of drug-likeness (QED) is 0.519. The summed E-state index contributed by atoms with van der Waals surface area (Å²) >= 11 is 0. The van der Waals surface area contributed by atoms with Gasteiger partial charge in [-0.2, -0.15) is 14.1 Å². The van der Waals surface area contributed by atoms with Gasteiger partial charge in [0.25, 0.3) is 11.9 Å². The van der Waals surface area contributed by atoms with Crippen LogP contribution in [-0.2, 0) is 15.4 Å². The molecule has 0 radical (unpaired) electrons. The molecule has 3 rings (SSSR count). The van der Waals surface area contributed by atoms with E-state index in [4.69, 9.17) is 4.74 Å². The summed E-state index contributed by atoms with van der Waals surface area (Å²) in [5.74, 6) is 0.329. The van der Waals surface area contributed by atoms with Gasteiger partial charge >= 0.3 is 0 Å². The predicted octanol–water partition coefficient (Wildman–Crippen LogP) is 3.25. The van der Waals surface area contributed by atoms with E-state index in [-0.39, 0.29) is 21.6 Å². The molecule has 1 aromatic carbocycles. The first-order chi connectivity index (χ1) is 16.0. The van der Waals surface area contributed by atoms with Crippen molar-refractivity contribution in [3.05, 3.63) is 54.0 Å². The van der Waals surface area contributed by atoms with E-state index in [2.05, 4.69) is 20.4 Å². The highest BCUT2D eigenvalue weighted by Crippen LogP contribution is 2.29. The number of amides is 1. The van der Waals surface area contributed by atoms with Gasteiger partial charge in [0.1, 0.15) is 16.5 Å². The summed E-state index contributed by atoms with van der Waals surface area (Å²) in [5.41, 5.74) is 0.602. The van der Waals surface area contributed by atoms with Gasteiger partial charge < -0.3 is 10.1 Å². The Morgan fingerprint density at radius 2 is 1.76 bits per heavy atom. The molecular weight excluding hydrogens is 456 g/mol. The van der Waals surface area contributed by atoms with Crippen LogP contribution in [-0.4, -0.2) is 58.6 Å². The molecule has 34 heavy (non-hydrogen) atoms. The summed E-state index contributed by atoms with van der Waals surface area (Å²) < 4.78 is 34.3. The summed E-state index contributed by atoms with van der Waals surface area (Å²) in [6, 6.07) is 7.76.